The fourth-order valence-corrected chi connectivity index (χ4v) is 2.54. The highest BCUT2D eigenvalue weighted by Crippen LogP contribution is 2.48. The monoisotopic (exact) mass is 278 g/mol. The van der Waals surface area contributed by atoms with E-state index in [1.807, 2.05) is 0 Å². The summed E-state index contributed by atoms with van der Waals surface area (Å²) in [6, 6.07) is 3.85. The lowest BCUT2D eigenvalue weighted by Crippen LogP contribution is -2.17. The highest BCUT2D eigenvalue weighted by atomic mass is 19.1. The third-order valence-electron chi connectivity index (χ3n) is 4.02. The normalized spacial score (nSPS) is 16.4. The molecule has 0 saturated heterocycles. The Bertz CT molecular complexity index is 641. The predicted molar refractivity (Wildman–Crippen MR) is 73.5 cm³/mol. The molecule has 0 radical (unpaired) electrons. The Kier molecular flexibility index (Phi) is 3.30. The van der Waals surface area contributed by atoms with Crippen LogP contribution in [-0.2, 0) is 0 Å². The van der Waals surface area contributed by atoms with Crippen molar-refractivity contribution < 1.29 is 13.9 Å². The first-order valence-electron chi connectivity index (χ1n) is 6.72. The molecule has 2 N–H and O–H groups in total. The number of hydrogen-bond acceptors (Lipinski definition) is 3. The van der Waals surface area contributed by atoms with E-state index in [0.717, 1.165) is 25.3 Å². The zero-order valence-corrected chi connectivity index (χ0v) is 11.0. The largest absolute Gasteiger partial charge is 0.396 e. The molecule has 106 valence electrons. The molecule has 1 aliphatic carbocycles. The van der Waals surface area contributed by atoms with Gasteiger partial charge in [0.1, 0.15) is 11.3 Å². The third kappa shape index (κ3) is 2.45. The molecule has 1 aliphatic rings. The van der Waals surface area contributed by atoms with Crippen molar-refractivity contribution in [1.82, 2.24) is 4.98 Å². The minimum Gasteiger partial charge on any atom is -0.396 e. The van der Waals surface area contributed by atoms with Gasteiger partial charge in [-0.05, 0) is 36.8 Å². The Morgan fingerprint density at radius 2 is 2.10 bits per heavy atom. The molecule has 3 nitrogen and oxygen atoms in total. The van der Waals surface area contributed by atoms with Crippen LogP contribution in [0.25, 0.3) is 10.9 Å². The summed E-state index contributed by atoms with van der Waals surface area (Å²) in [4.78, 5) is 3.96. The van der Waals surface area contributed by atoms with Crippen molar-refractivity contribution in [2.45, 2.75) is 19.3 Å². The first kappa shape index (κ1) is 13.2. The molecule has 0 amide bonds. The number of aromatic nitrogens is 1. The first-order chi connectivity index (χ1) is 9.63. The van der Waals surface area contributed by atoms with Crippen LogP contribution in [0.5, 0.6) is 0 Å². The second kappa shape index (κ2) is 4.98. The van der Waals surface area contributed by atoms with Gasteiger partial charge in [-0.15, -0.1) is 0 Å². The van der Waals surface area contributed by atoms with Crippen molar-refractivity contribution in [1.29, 1.82) is 0 Å². The second-order valence-corrected chi connectivity index (χ2v) is 5.47. The van der Waals surface area contributed by atoms with Crippen LogP contribution < -0.4 is 5.32 Å². The number of benzene rings is 1. The summed E-state index contributed by atoms with van der Waals surface area (Å²) in [6.07, 6.45) is 4.42. The quantitative estimate of drug-likeness (QED) is 0.883. The second-order valence-electron chi connectivity index (χ2n) is 5.47. The number of aliphatic hydroxyl groups is 1. The summed E-state index contributed by atoms with van der Waals surface area (Å²) in [5.41, 5.74) is 0.983. The van der Waals surface area contributed by atoms with E-state index in [2.05, 4.69) is 10.3 Å². The third-order valence-corrected chi connectivity index (χ3v) is 4.02. The van der Waals surface area contributed by atoms with Crippen LogP contribution in [0.2, 0.25) is 0 Å². The van der Waals surface area contributed by atoms with Crippen molar-refractivity contribution in [2.24, 2.45) is 5.41 Å². The number of hydrogen-bond donors (Lipinski definition) is 2. The highest BCUT2D eigenvalue weighted by Gasteiger charge is 2.41. The van der Waals surface area contributed by atoms with Gasteiger partial charge in [0.05, 0.1) is 0 Å². The number of nitrogens with zero attached hydrogens (tertiary/aromatic N) is 1. The molecule has 0 atom stereocenters. The Morgan fingerprint density at radius 3 is 2.80 bits per heavy atom. The fourth-order valence-electron chi connectivity index (χ4n) is 2.54. The van der Waals surface area contributed by atoms with Crippen LogP contribution in [0.4, 0.5) is 14.5 Å². The topological polar surface area (TPSA) is 45.1 Å². The predicted octanol–water partition coefficient (Wildman–Crippen LogP) is 3.09. The lowest BCUT2D eigenvalue weighted by atomic mass is 10.0. The van der Waals surface area contributed by atoms with Gasteiger partial charge < -0.3 is 10.4 Å². The van der Waals surface area contributed by atoms with Crippen molar-refractivity contribution in [2.75, 3.05) is 18.5 Å². The van der Waals surface area contributed by atoms with Crippen molar-refractivity contribution in [3.05, 3.63) is 36.0 Å². The van der Waals surface area contributed by atoms with Crippen LogP contribution in [-0.4, -0.2) is 23.2 Å². The molecule has 0 bridgehead atoms. The molecule has 5 heteroatoms. The van der Waals surface area contributed by atoms with Crippen molar-refractivity contribution in [3.63, 3.8) is 0 Å². The van der Waals surface area contributed by atoms with Gasteiger partial charge in [-0.1, -0.05) is 0 Å². The van der Waals surface area contributed by atoms with E-state index in [9.17, 15) is 8.78 Å². The molecule has 0 aliphatic heterocycles. The summed E-state index contributed by atoms with van der Waals surface area (Å²) < 4.78 is 27.0. The number of pyridine rings is 1. The summed E-state index contributed by atoms with van der Waals surface area (Å²) in [5.74, 6) is -1.26. The maximum absolute atomic E-state index is 13.7. The number of aliphatic hydroxyl groups excluding tert-OH is 1. The van der Waals surface area contributed by atoms with Crippen molar-refractivity contribution >= 4 is 16.6 Å². The van der Waals surface area contributed by atoms with E-state index in [4.69, 9.17) is 5.11 Å². The van der Waals surface area contributed by atoms with E-state index in [-0.39, 0.29) is 17.5 Å². The van der Waals surface area contributed by atoms with E-state index < -0.39 is 11.6 Å². The zero-order valence-electron chi connectivity index (χ0n) is 11.0. The van der Waals surface area contributed by atoms with Crippen LogP contribution in [0.3, 0.4) is 0 Å². The minimum atomic E-state index is -0.653. The number of nitrogens with one attached hydrogen (secondary N) is 1. The average Bonchev–Trinajstić information content (AvgIpc) is 3.17. The molecule has 0 spiro atoms. The van der Waals surface area contributed by atoms with E-state index in [0.29, 0.717) is 17.6 Å². The Morgan fingerprint density at radius 1 is 1.30 bits per heavy atom. The molecule has 1 saturated carbocycles. The molecule has 20 heavy (non-hydrogen) atoms. The standard InChI is InChI=1S/C15H16F2N2O/c16-10-7-11-13(1-5-18-14(11)12(17)8-10)19-9-15(2-3-15)4-6-20/h1,5,7-8,20H,2-4,6,9H2,(H,18,19). The lowest BCUT2D eigenvalue weighted by Gasteiger charge is -2.16. The summed E-state index contributed by atoms with van der Waals surface area (Å²) >= 11 is 0. The molecule has 1 fully saturated rings. The molecule has 3 rings (SSSR count). The molecular weight excluding hydrogens is 262 g/mol. The average molecular weight is 278 g/mol. The van der Waals surface area contributed by atoms with Crippen LogP contribution in [0, 0.1) is 17.0 Å². The molecular formula is C15H16F2N2O. The van der Waals surface area contributed by atoms with Gasteiger partial charge in [-0.2, -0.15) is 0 Å². The number of anilines is 1. The molecule has 2 aromatic rings. The maximum atomic E-state index is 13.7. The smallest absolute Gasteiger partial charge is 0.152 e. The van der Waals surface area contributed by atoms with Gasteiger partial charge in [0.25, 0.3) is 0 Å². The number of halogens is 2. The van der Waals surface area contributed by atoms with Gasteiger partial charge in [-0.3, -0.25) is 4.98 Å². The Balaban J connectivity index is 1.88. The van der Waals surface area contributed by atoms with Gasteiger partial charge >= 0.3 is 0 Å². The highest BCUT2D eigenvalue weighted by molar-refractivity contribution is 5.91. The molecule has 0 unspecified atom stereocenters. The van der Waals surface area contributed by atoms with Crippen LogP contribution in [0.15, 0.2) is 24.4 Å². The zero-order chi connectivity index (χ0) is 14.2. The lowest BCUT2D eigenvalue weighted by molar-refractivity contribution is 0.253. The van der Waals surface area contributed by atoms with Gasteiger partial charge in [-0.25, -0.2) is 8.78 Å². The van der Waals surface area contributed by atoms with Gasteiger partial charge in [0, 0.05) is 36.5 Å². The molecule has 1 aromatic carbocycles. The number of rotatable bonds is 5. The summed E-state index contributed by atoms with van der Waals surface area (Å²) in [5, 5.41) is 12.7. The minimum absolute atomic E-state index is 0.135. The Hall–Kier alpha value is -1.75. The Labute approximate surface area is 115 Å². The van der Waals surface area contributed by atoms with Crippen molar-refractivity contribution in [3.8, 4) is 0 Å². The van der Waals surface area contributed by atoms with Gasteiger partial charge in [0.15, 0.2) is 5.82 Å². The fraction of sp³-hybridized carbons (Fsp3) is 0.400. The van der Waals surface area contributed by atoms with E-state index in [1.165, 1.54) is 12.3 Å². The molecule has 1 heterocycles. The maximum Gasteiger partial charge on any atom is 0.152 e. The summed E-state index contributed by atoms with van der Waals surface area (Å²) in [6.45, 7) is 0.868. The van der Waals surface area contributed by atoms with Gasteiger partial charge in [0.2, 0.25) is 0 Å². The molecule has 1 aromatic heterocycles. The number of fused-ring (bicyclic) bond motifs is 1. The van der Waals surface area contributed by atoms with Crippen LogP contribution >= 0.6 is 0 Å². The van der Waals surface area contributed by atoms with E-state index >= 15 is 0 Å². The summed E-state index contributed by atoms with van der Waals surface area (Å²) in [7, 11) is 0. The van der Waals surface area contributed by atoms with E-state index in [1.54, 1.807) is 6.07 Å². The SMILES string of the molecule is OCCC1(CNc2ccnc3c(F)cc(F)cc23)CC1. The first-order valence-corrected chi connectivity index (χ1v) is 6.72. The van der Waals surface area contributed by atoms with Crippen LogP contribution in [0.1, 0.15) is 19.3 Å².